The number of carbonyl (C=O) groups is 1. The van der Waals surface area contributed by atoms with Crippen molar-refractivity contribution in [2.75, 3.05) is 19.6 Å². The number of unbranched alkanes of at least 4 members (excludes halogenated alkanes) is 1. The van der Waals surface area contributed by atoms with E-state index in [9.17, 15) is 4.79 Å². The van der Waals surface area contributed by atoms with Gasteiger partial charge in [0.2, 0.25) is 5.91 Å². The van der Waals surface area contributed by atoms with Crippen LogP contribution in [0, 0.1) is 0 Å². The summed E-state index contributed by atoms with van der Waals surface area (Å²) in [6.07, 6.45) is 2.53. The highest BCUT2D eigenvalue weighted by Gasteiger charge is 2.09. The second kappa shape index (κ2) is 8.32. The molecular weight excluding hydrogens is 190 g/mol. The van der Waals surface area contributed by atoms with Gasteiger partial charge in [-0.2, -0.15) is 0 Å². The maximum atomic E-state index is 11.2. The lowest BCUT2D eigenvalue weighted by molar-refractivity contribution is -0.122. The van der Waals surface area contributed by atoms with E-state index in [1.165, 1.54) is 0 Å². The summed E-state index contributed by atoms with van der Waals surface area (Å²) >= 11 is 5.63. The van der Waals surface area contributed by atoms with Crippen LogP contribution in [0.2, 0.25) is 0 Å². The molecule has 0 radical (unpaired) electrons. The third kappa shape index (κ3) is 6.84. The third-order valence-electron chi connectivity index (χ3n) is 1.68. The fourth-order valence-corrected chi connectivity index (χ4v) is 1.13. The molecule has 0 saturated carbocycles. The highest BCUT2D eigenvalue weighted by atomic mass is 35.5. The Bertz CT molecular complexity index is 142. The summed E-state index contributed by atoms with van der Waals surface area (Å²) in [7, 11) is 1.59. The van der Waals surface area contributed by atoms with Crippen LogP contribution in [-0.4, -0.2) is 31.5 Å². The maximum Gasteiger partial charge on any atom is 0.220 e. The van der Waals surface area contributed by atoms with Gasteiger partial charge in [-0.15, -0.1) is 11.6 Å². The SMILES string of the molecule is CCCCC(=O)NC(CCl)COC. The zero-order valence-electron chi connectivity index (χ0n) is 8.31. The van der Waals surface area contributed by atoms with Crippen molar-refractivity contribution >= 4 is 17.5 Å². The van der Waals surface area contributed by atoms with E-state index in [4.69, 9.17) is 16.3 Å². The summed E-state index contributed by atoms with van der Waals surface area (Å²) in [6, 6.07) is -0.0592. The molecule has 0 aliphatic rings. The topological polar surface area (TPSA) is 38.3 Å². The summed E-state index contributed by atoms with van der Waals surface area (Å²) in [5, 5.41) is 2.81. The van der Waals surface area contributed by atoms with E-state index in [1.807, 2.05) is 0 Å². The van der Waals surface area contributed by atoms with Gasteiger partial charge >= 0.3 is 0 Å². The Morgan fingerprint density at radius 2 is 2.31 bits per heavy atom. The lowest BCUT2D eigenvalue weighted by Gasteiger charge is -2.14. The zero-order valence-corrected chi connectivity index (χ0v) is 9.06. The van der Waals surface area contributed by atoms with Crippen LogP contribution in [0.1, 0.15) is 26.2 Å². The van der Waals surface area contributed by atoms with Gasteiger partial charge in [-0.3, -0.25) is 4.79 Å². The molecule has 0 bridgehead atoms. The van der Waals surface area contributed by atoms with Crippen LogP contribution in [0.5, 0.6) is 0 Å². The van der Waals surface area contributed by atoms with Crippen LogP contribution >= 0.6 is 11.6 Å². The molecule has 78 valence electrons. The van der Waals surface area contributed by atoms with Gasteiger partial charge in [-0.05, 0) is 6.42 Å². The molecule has 3 nitrogen and oxygen atoms in total. The van der Waals surface area contributed by atoms with Crippen molar-refractivity contribution in [3.8, 4) is 0 Å². The van der Waals surface area contributed by atoms with Crippen molar-refractivity contribution in [2.45, 2.75) is 32.2 Å². The normalized spacial score (nSPS) is 12.5. The number of halogens is 1. The summed E-state index contributed by atoms with van der Waals surface area (Å²) in [4.78, 5) is 11.2. The van der Waals surface area contributed by atoms with Gasteiger partial charge in [0.15, 0.2) is 0 Å². The van der Waals surface area contributed by atoms with Crippen molar-refractivity contribution in [3.05, 3.63) is 0 Å². The molecule has 1 N–H and O–H groups in total. The van der Waals surface area contributed by atoms with Crippen molar-refractivity contribution in [2.24, 2.45) is 0 Å². The van der Waals surface area contributed by atoms with Crippen LogP contribution in [0.4, 0.5) is 0 Å². The smallest absolute Gasteiger partial charge is 0.220 e. The molecule has 0 saturated heterocycles. The Balaban J connectivity index is 3.60. The molecule has 1 unspecified atom stereocenters. The number of methoxy groups -OCH3 is 1. The van der Waals surface area contributed by atoms with Gasteiger partial charge in [0.1, 0.15) is 0 Å². The first-order chi connectivity index (χ1) is 6.24. The van der Waals surface area contributed by atoms with E-state index in [-0.39, 0.29) is 11.9 Å². The Morgan fingerprint density at radius 1 is 1.62 bits per heavy atom. The quantitative estimate of drug-likeness (QED) is 0.644. The fraction of sp³-hybridized carbons (Fsp3) is 0.889. The molecule has 0 aromatic rings. The first-order valence-corrected chi connectivity index (χ1v) is 5.12. The van der Waals surface area contributed by atoms with Crippen LogP contribution in [0.15, 0.2) is 0 Å². The van der Waals surface area contributed by atoms with E-state index in [2.05, 4.69) is 12.2 Å². The number of alkyl halides is 1. The minimum Gasteiger partial charge on any atom is -0.383 e. The van der Waals surface area contributed by atoms with Gasteiger partial charge in [0.25, 0.3) is 0 Å². The largest absolute Gasteiger partial charge is 0.383 e. The Hall–Kier alpha value is -0.280. The molecule has 0 rings (SSSR count). The highest BCUT2D eigenvalue weighted by Crippen LogP contribution is 1.96. The second-order valence-corrected chi connectivity index (χ2v) is 3.29. The molecule has 0 heterocycles. The molecule has 1 amide bonds. The van der Waals surface area contributed by atoms with Crippen LogP contribution < -0.4 is 5.32 Å². The zero-order chi connectivity index (χ0) is 10.1. The van der Waals surface area contributed by atoms with Crippen molar-refractivity contribution in [1.82, 2.24) is 5.32 Å². The van der Waals surface area contributed by atoms with E-state index < -0.39 is 0 Å². The molecule has 4 heteroatoms. The summed E-state index contributed by atoms with van der Waals surface area (Å²) in [5.41, 5.74) is 0. The fourth-order valence-electron chi connectivity index (χ4n) is 0.963. The Morgan fingerprint density at radius 3 is 2.77 bits per heavy atom. The van der Waals surface area contributed by atoms with E-state index in [0.717, 1.165) is 12.8 Å². The minimum atomic E-state index is -0.0592. The lowest BCUT2D eigenvalue weighted by Crippen LogP contribution is -2.39. The predicted molar refractivity (Wildman–Crippen MR) is 54.1 cm³/mol. The summed E-state index contributed by atoms with van der Waals surface area (Å²) < 4.78 is 4.90. The average molecular weight is 208 g/mol. The number of carbonyl (C=O) groups excluding carboxylic acids is 1. The molecule has 0 aromatic heterocycles. The summed E-state index contributed by atoms with van der Waals surface area (Å²) in [5.74, 6) is 0.454. The standard InChI is InChI=1S/C9H18ClNO2/c1-3-4-5-9(12)11-8(6-10)7-13-2/h8H,3-7H2,1-2H3,(H,11,12). The molecule has 0 aromatic carbocycles. The van der Waals surface area contributed by atoms with Gasteiger partial charge < -0.3 is 10.1 Å². The monoisotopic (exact) mass is 207 g/mol. The molecule has 0 spiro atoms. The van der Waals surface area contributed by atoms with Crippen molar-refractivity contribution in [1.29, 1.82) is 0 Å². The second-order valence-electron chi connectivity index (χ2n) is 2.98. The van der Waals surface area contributed by atoms with Crippen LogP contribution in [0.25, 0.3) is 0 Å². The first-order valence-electron chi connectivity index (χ1n) is 4.58. The highest BCUT2D eigenvalue weighted by molar-refractivity contribution is 6.18. The predicted octanol–water partition coefficient (Wildman–Crippen LogP) is 1.55. The molecule has 1 atom stereocenters. The van der Waals surface area contributed by atoms with Crippen LogP contribution in [-0.2, 0) is 9.53 Å². The minimum absolute atomic E-state index is 0.0592. The number of hydrogen-bond donors (Lipinski definition) is 1. The van der Waals surface area contributed by atoms with Gasteiger partial charge in [-0.25, -0.2) is 0 Å². The lowest BCUT2D eigenvalue weighted by atomic mass is 10.2. The Kier molecular flexibility index (Phi) is 8.14. The van der Waals surface area contributed by atoms with E-state index in [1.54, 1.807) is 7.11 Å². The maximum absolute atomic E-state index is 11.2. The molecule has 0 aliphatic carbocycles. The number of ether oxygens (including phenoxy) is 1. The number of rotatable bonds is 7. The molecule has 0 fully saturated rings. The van der Waals surface area contributed by atoms with E-state index >= 15 is 0 Å². The molecular formula is C9H18ClNO2. The number of amides is 1. The number of hydrogen-bond acceptors (Lipinski definition) is 2. The Labute approximate surface area is 84.8 Å². The van der Waals surface area contributed by atoms with Crippen molar-refractivity contribution < 1.29 is 9.53 Å². The van der Waals surface area contributed by atoms with Gasteiger partial charge in [0.05, 0.1) is 12.6 Å². The average Bonchev–Trinajstić information content (AvgIpc) is 2.14. The summed E-state index contributed by atoms with van der Waals surface area (Å²) in [6.45, 7) is 2.53. The van der Waals surface area contributed by atoms with Gasteiger partial charge in [-0.1, -0.05) is 13.3 Å². The van der Waals surface area contributed by atoms with Gasteiger partial charge in [0, 0.05) is 19.4 Å². The van der Waals surface area contributed by atoms with Crippen molar-refractivity contribution in [3.63, 3.8) is 0 Å². The molecule has 0 aliphatic heterocycles. The van der Waals surface area contributed by atoms with Crippen LogP contribution in [0.3, 0.4) is 0 Å². The van der Waals surface area contributed by atoms with E-state index in [0.29, 0.717) is 18.9 Å². The molecule has 13 heavy (non-hydrogen) atoms. The first kappa shape index (κ1) is 12.7. The number of nitrogens with one attached hydrogen (secondary N) is 1. The third-order valence-corrected chi connectivity index (χ3v) is 2.05.